The smallest absolute Gasteiger partial charge is 0.341 e. The van der Waals surface area contributed by atoms with Gasteiger partial charge in [-0.3, -0.25) is 4.79 Å². The molecular formula is C21H22BrNO3S. The molecule has 1 N–H and O–H groups in total. The molecule has 0 saturated carbocycles. The van der Waals surface area contributed by atoms with Crippen LogP contribution in [0.2, 0.25) is 0 Å². The zero-order valence-corrected chi connectivity index (χ0v) is 17.6. The fraction of sp³-hybridized carbons (Fsp3) is 0.333. The van der Waals surface area contributed by atoms with Crippen LogP contribution in [0.15, 0.2) is 34.8 Å². The van der Waals surface area contributed by atoms with Gasteiger partial charge in [0.1, 0.15) is 5.00 Å². The summed E-state index contributed by atoms with van der Waals surface area (Å²) in [5.74, 6) is -0.579. The van der Waals surface area contributed by atoms with Crippen molar-refractivity contribution in [2.75, 3.05) is 11.9 Å². The molecule has 1 amide bonds. The van der Waals surface area contributed by atoms with Crippen molar-refractivity contribution in [3.05, 3.63) is 56.4 Å². The van der Waals surface area contributed by atoms with Crippen LogP contribution in [0.5, 0.6) is 0 Å². The molecule has 0 bridgehead atoms. The molecule has 4 nitrogen and oxygen atoms in total. The molecule has 27 heavy (non-hydrogen) atoms. The minimum Gasteiger partial charge on any atom is -0.462 e. The normalized spacial score (nSPS) is 13.4. The molecule has 3 rings (SSSR count). The van der Waals surface area contributed by atoms with Crippen molar-refractivity contribution < 1.29 is 14.3 Å². The van der Waals surface area contributed by atoms with Gasteiger partial charge in [0.25, 0.3) is 0 Å². The second kappa shape index (κ2) is 9.33. The van der Waals surface area contributed by atoms with Gasteiger partial charge in [0, 0.05) is 15.4 Å². The number of hydrogen-bond acceptors (Lipinski definition) is 4. The Kier molecular flexibility index (Phi) is 6.85. The van der Waals surface area contributed by atoms with Crippen LogP contribution >= 0.6 is 27.3 Å². The number of fused-ring (bicyclic) bond motifs is 1. The summed E-state index contributed by atoms with van der Waals surface area (Å²) in [6, 6.07) is 7.69. The first-order valence-corrected chi connectivity index (χ1v) is 10.8. The highest BCUT2D eigenvalue weighted by atomic mass is 79.9. The van der Waals surface area contributed by atoms with E-state index in [1.54, 1.807) is 6.08 Å². The Balaban J connectivity index is 1.78. The van der Waals surface area contributed by atoms with Crippen LogP contribution in [0.4, 0.5) is 5.00 Å². The highest BCUT2D eigenvalue weighted by molar-refractivity contribution is 9.10. The second-order valence-corrected chi connectivity index (χ2v) is 8.45. The van der Waals surface area contributed by atoms with Crippen molar-refractivity contribution >= 4 is 50.2 Å². The van der Waals surface area contributed by atoms with Crippen molar-refractivity contribution in [3.8, 4) is 0 Å². The van der Waals surface area contributed by atoms with E-state index in [0.29, 0.717) is 17.2 Å². The van der Waals surface area contributed by atoms with Crippen molar-refractivity contribution in [2.45, 2.75) is 39.0 Å². The fourth-order valence-electron chi connectivity index (χ4n) is 3.04. The SMILES string of the molecule is CCCOC(=O)c1c(NC(=O)/C=C/c2ccc(Br)cc2)sc2c1CCCC2. The number of benzene rings is 1. The van der Waals surface area contributed by atoms with E-state index in [1.807, 2.05) is 31.2 Å². The third-order valence-corrected chi connectivity index (χ3v) is 6.08. The molecule has 0 aliphatic heterocycles. The molecule has 142 valence electrons. The number of ether oxygens (including phenoxy) is 1. The molecule has 1 aromatic heterocycles. The minimum absolute atomic E-state index is 0.249. The van der Waals surface area contributed by atoms with Crippen LogP contribution in [-0.4, -0.2) is 18.5 Å². The minimum atomic E-state index is -0.330. The Bertz CT molecular complexity index is 855. The van der Waals surface area contributed by atoms with E-state index in [1.165, 1.54) is 22.3 Å². The number of thiophene rings is 1. The molecule has 0 fully saturated rings. The van der Waals surface area contributed by atoms with Gasteiger partial charge in [0.15, 0.2) is 0 Å². The fourth-order valence-corrected chi connectivity index (χ4v) is 4.58. The van der Waals surface area contributed by atoms with Gasteiger partial charge in [-0.15, -0.1) is 11.3 Å². The Morgan fingerprint density at radius 1 is 1.22 bits per heavy atom. The molecule has 1 aliphatic rings. The summed E-state index contributed by atoms with van der Waals surface area (Å²) in [4.78, 5) is 26.2. The van der Waals surface area contributed by atoms with Crippen molar-refractivity contribution in [3.63, 3.8) is 0 Å². The van der Waals surface area contributed by atoms with E-state index >= 15 is 0 Å². The topological polar surface area (TPSA) is 55.4 Å². The maximum Gasteiger partial charge on any atom is 0.341 e. The van der Waals surface area contributed by atoms with Crippen molar-refractivity contribution in [1.29, 1.82) is 0 Å². The number of carbonyl (C=O) groups is 2. The van der Waals surface area contributed by atoms with Gasteiger partial charge in [0.05, 0.1) is 12.2 Å². The van der Waals surface area contributed by atoms with E-state index in [9.17, 15) is 9.59 Å². The second-order valence-electron chi connectivity index (χ2n) is 6.43. The zero-order valence-electron chi connectivity index (χ0n) is 15.2. The summed E-state index contributed by atoms with van der Waals surface area (Å²) in [5, 5.41) is 3.49. The number of anilines is 1. The number of amides is 1. The maximum atomic E-state index is 12.6. The van der Waals surface area contributed by atoms with Gasteiger partial charge < -0.3 is 10.1 Å². The Hall–Kier alpha value is -1.92. The Labute approximate surface area is 171 Å². The van der Waals surface area contributed by atoms with Gasteiger partial charge in [-0.2, -0.15) is 0 Å². The molecule has 0 radical (unpaired) electrons. The van der Waals surface area contributed by atoms with Crippen LogP contribution in [0.1, 0.15) is 52.5 Å². The largest absolute Gasteiger partial charge is 0.462 e. The van der Waals surface area contributed by atoms with Crippen LogP contribution in [0.3, 0.4) is 0 Å². The highest BCUT2D eigenvalue weighted by Gasteiger charge is 2.27. The lowest BCUT2D eigenvalue weighted by Gasteiger charge is -2.12. The third kappa shape index (κ3) is 5.08. The summed E-state index contributed by atoms with van der Waals surface area (Å²) in [5.41, 5.74) is 2.54. The maximum absolute atomic E-state index is 12.6. The standard InChI is InChI=1S/C21H22BrNO3S/c1-2-13-26-21(25)19-16-5-3-4-6-17(16)27-20(19)23-18(24)12-9-14-7-10-15(22)11-8-14/h7-12H,2-6,13H2,1H3,(H,23,24)/b12-9+. The first-order chi connectivity index (χ1) is 13.1. The number of hydrogen-bond donors (Lipinski definition) is 1. The van der Waals surface area contributed by atoms with Crippen LogP contribution in [0, 0.1) is 0 Å². The predicted molar refractivity (Wildman–Crippen MR) is 113 cm³/mol. The van der Waals surface area contributed by atoms with Gasteiger partial charge in [-0.1, -0.05) is 35.0 Å². The lowest BCUT2D eigenvalue weighted by Crippen LogP contribution is -2.14. The summed E-state index contributed by atoms with van der Waals surface area (Å²) in [6.07, 6.45) is 8.03. The molecule has 1 aliphatic carbocycles. The average molecular weight is 448 g/mol. The molecule has 0 saturated heterocycles. The number of esters is 1. The monoisotopic (exact) mass is 447 g/mol. The molecule has 1 heterocycles. The number of nitrogens with one attached hydrogen (secondary N) is 1. The first-order valence-electron chi connectivity index (χ1n) is 9.14. The third-order valence-electron chi connectivity index (χ3n) is 4.35. The molecule has 1 aromatic carbocycles. The van der Waals surface area contributed by atoms with E-state index in [2.05, 4.69) is 21.2 Å². The predicted octanol–water partition coefficient (Wildman–Crippen LogP) is 5.61. The number of halogens is 1. The molecule has 0 unspecified atom stereocenters. The van der Waals surface area contributed by atoms with E-state index in [-0.39, 0.29) is 11.9 Å². The van der Waals surface area contributed by atoms with Gasteiger partial charge >= 0.3 is 5.97 Å². The van der Waals surface area contributed by atoms with Gasteiger partial charge in [0.2, 0.25) is 5.91 Å². The molecule has 6 heteroatoms. The van der Waals surface area contributed by atoms with E-state index in [4.69, 9.17) is 4.74 Å². The lowest BCUT2D eigenvalue weighted by atomic mass is 9.95. The summed E-state index contributed by atoms with van der Waals surface area (Å²) in [6.45, 7) is 2.35. The van der Waals surface area contributed by atoms with Crippen molar-refractivity contribution in [1.82, 2.24) is 0 Å². The molecule has 2 aromatic rings. The van der Waals surface area contributed by atoms with Crippen molar-refractivity contribution in [2.24, 2.45) is 0 Å². The van der Waals surface area contributed by atoms with Crippen LogP contribution in [0.25, 0.3) is 6.08 Å². The van der Waals surface area contributed by atoms with Crippen LogP contribution in [-0.2, 0) is 22.4 Å². The molecular weight excluding hydrogens is 426 g/mol. The number of carbonyl (C=O) groups excluding carboxylic acids is 2. The average Bonchev–Trinajstić information content (AvgIpc) is 3.03. The number of aryl methyl sites for hydroxylation is 1. The molecule has 0 spiro atoms. The Morgan fingerprint density at radius 2 is 1.96 bits per heavy atom. The van der Waals surface area contributed by atoms with Gasteiger partial charge in [-0.05, 0) is 61.4 Å². The van der Waals surface area contributed by atoms with E-state index in [0.717, 1.165) is 47.7 Å². The Morgan fingerprint density at radius 3 is 2.70 bits per heavy atom. The summed E-state index contributed by atoms with van der Waals surface area (Å²) < 4.78 is 6.35. The molecule has 0 atom stereocenters. The van der Waals surface area contributed by atoms with Gasteiger partial charge in [-0.25, -0.2) is 4.79 Å². The zero-order chi connectivity index (χ0) is 19.2. The summed E-state index contributed by atoms with van der Waals surface area (Å²) >= 11 is 4.89. The van der Waals surface area contributed by atoms with E-state index < -0.39 is 0 Å². The highest BCUT2D eigenvalue weighted by Crippen LogP contribution is 2.38. The number of rotatable bonds is 6. The lowest BCUT2D eigenvalue weighted by molar-refractivity contribution is -0.111. The summed E-state index contributed by atoms with van der Waals surface area (Å²) in [7, 11) is 0. The van der Waals surface area contributed by atoms with Crippen LogP contribution < -0.4 is 5.32 Å². The quantitative estimate of drug-likeness (QED) is 0.462. The first kappa shape index (κ1) is 19.8.